The average molecular weight is 243 g/mol. The smallest absolute Gasteiger partial charge is 0.248 e. The summed E-state index contributed by atoms with van der Waals surface area (Å²) in [7, 11) is 0. The van der Waals surface area contributed by atoms with Crippen LogP contribution in [0.5, 0.6) is 0 Å². The van der Waals surface area contributed by atoms with Gasteiger partial charge in [-0.2, -0.15) is 0 Å². The summed E-state index contributed by atoms with van der Waals surface area (Å²) in [5.41, 5.74) is 0.167. The Morgan fingerprint density at radius 3 is 2.53 bits per heavy atom. The highest BCUT2D eigenvalue weighted by Crippen LogP contribution is 2.37. The summed E-state index contributed by atoms with van der Waals surface area (Å²) in [6.07, 6.45) is 2.05. The van der Waals surface area contributed by atoms with E-state index >= 15 is 0 Å². The summed E-state index contributed by atoms with van der Waals surface area (Å²) >= 11 is 0. The van der Waals surface area contributed by atoms with Crippen LogP contribution in [0.4, 0.5) is 13.2 Å². The number of carbonyl (C=O) groups excluding carboxylic acids is 1. The van der Waals surface area contributed by atoms with Gasteiger partial charge in [-0.1, -0.05) is 0 Å². The molecule has 1 aromatic heterocycles. The van der Waals surface area contributed by atoms with Crippen molar-refractivity contribution < 1.29 is 18.0 Å². The zero-order valence-corrected chi connectivity index (χ0v) is 9.13. The molecule has 0 spiro atoms. The van der Waals surface area contributed by atoms with Crippen LogP contribution in [0.25, 0.3) is 0 Å². The van der Waals surface area contributed by atoms with Gasteiger partial charge in [0, 0.05) is 30.5 Å². The van der Waals surface area contributed by atoms with E-state index in [4.69, 9.17) is 0 Å². The van der Waals surface area contributed by atoms with Gasteiger partial charge in [0.2, 0.25) is 5.92 Å². The maximum atomic E-state index is 12.9. The van der Waals surface area contributed by atoms with Crippen LogP contribution < -0.4 is 0 Å². The molecule has 92 valence electrons. The quantitative estimate of drug-likeness (QED) is 0.746. The summed E-state index contributed by atoms with van der Waals surface area (Å²) < 4.78 is 38.7. The zero-order chi connectivity index (χ0) is 12.5. The van der Waals surface area contributed by atoms with Gasteiger partial charge in [0.05, 0.1) is 6.20 Å². The van der Waals surface area contributed by atoms with Gasteiger partial charge < -0.3 is 0 Å². The van der Waals surface area contributed by atoms with E-state index in [0.29, 0.717) is 0 Å². The van der Waals surface area contributed by atoms with E-state index in [1.54, 1.807) is 0 Å². The third-order valence-electron chi connectivity index (χ3n) is 3.08. The Hall–Kier alpha value is -1.39. The number of hydrogen-bond acceptors (Lipinski definition) is 2. The number of Topliss-reactive ketones (excluding diaryl/α,β-unsaturated/α-hetero) is 1. The van der Waals surface area contributed by atoms with Crippen LogP contribution in [0.15, 0.2) is 18.5 Å². The molecule has 1 heterocycles. The van der Waals surface area contributed by atoms with Crippen molar-refractivity contribution in [1.29, 1.82) is 0 Å². The Labute approximate surface area is 96.9 Å². The second-order valence-corrected chi connectivity index (χ2v) is 4.39. The lowest BCUT2D eigenvalue weighted by atomic mass is 9.82. The minimum Gasteiger partial charge on any atom is -0.294 e. The maximum Gasteiger partial charge on any atom is 0.248 e. The van der Waals surface area contributed by atoms with E-state index < -0.39 is 17.7 Å². The van der Waals surface area contributed by atoms with E-state index in [0.717, 1.165) is 12.3 Å². The molecule has 0 unspecified atom stereocenters. The van der Waals surface area contributed by atoms with Crippen LogP contribution in [0.3, 0.4) is 0 Å². The number of alkyl halides is 2. The van der Waals surface area contributed by atoms with Gasteiger partial charge in [0.15, 0.2) is 5.78 Å². The third-order valence-corrected chi connectivity index (χ3v) is 3.08. The van der Waals surface area contributed by atoms with Gasteiger partial charge >= 0.3 is 0 Å². The Bertz CT molecular complexity index is 424. The van der Waals surface area contributed by atoms with Crippen LogP contribution in [0.2, 0.25) is 0 Å². The van der Waals surface area contributed by atoms with Crippen molar-refractivity contribution in [1.82, 2.24) is 4.98 Å². The fourth-order valence-corrected chi connectivity index (χ4v) is 2.08. The molecule has 2 nitrogen and oxygen atoms in total. The van der Waals surface area contributed by atoms with Crippen molar-refractivity contribution in [2.75, 3.05) is 0 Å². The molecule has 0 bridgehead atoms. The van der Waals surface area contributed by atoms with E-state index in [1.807, 2.05) is 0 Å². The van der Waals surface area contributed by atoms with Crippen molar-refractivity contribution in [2.24, 2.45) is 5.92 Å². The monoisotopic (exact) mass is 243 g/mol. The first-order valence-electron chi connectivity index (χ1n) is 5.50. The molecular weight excluding hydrogens is 231 g/mol. The van der Waals surface area contributed by atoms with Gasteiger partial charge in [-0.25, -0.2) is 13.2 Å². The molecule has 17 heavy (non-hydrogen) atoms. The number of rotatable bonds is 2. The van der Waals surface area contributed by atoms with Crippen molar-refractivity contribution in [3.63, 3.8) is 0 Å². The number of halogens is 3. The number of nitrogens with zero attached hydrogens (tertiary/aromatic N) is 1. The van der Waals surface area contributed by atoms with Crippen molar-refractivity contribution in [3.05, 3.63) is 29.8 Å². The molecular formula is C12H12F3NO. The highest BCUT2D eigenvalue weighted by molar-refractivity contribution is 5.97. The predicted molar refractivity (Wildman–Crippen MR) is 55.4 cm³/mol. The second-order valence-electron chi connectivity index (χ2n) is 4.39. The van der Waals surface area contributed by atoms with E-state index in [9.17, 15) is 18.0 Å². The van der Waals surface area contributed by atoms with E-state index in [2.05, 4.69) is 4.98 Å². The lowest BCUT2D eigenvalue weighted by Gasteiger charge is -2.27. The summed E-state index contributed by atoms with van der Waals surface area (Å²) in [5.74, 6) is -3.96. The molecule has 0 radical (unpaired) electrons. The second kappa shape index (κ2) is 4.47. The van der Waals surface area contributed by atoms with Crippen LogP contribution in [-0.4, -0.2) is 16.7 Å². The zero-order valence-electron chi connectivity index (χ0n) is 9.13. The summed E-state index contributed by atoms with van der Waals surface area (Å²) in [5, 5.41) is 0. The number of carbonyl (C=O) groups is 1. The van der Waals surface area contributed by atoms with Gasteiger partial charge in [0.25, 0.3) is 0 Å². The molecule has 2 rings (SSSR count). The molecule has 0 saturated heterocycles. The summed E-state index contributed by atoms with van der Waals surface area (Å²) in [6, 6.07) is 1.10. The van der Waals surface area contributed by atoms with Crippen molar-refractivity contribution in [3.8, 4) is 0 Å². The number of ketones is 1. The molecule has 0 N–H and O–H groups in total. The lowest BCUT2D eigenvalue weighted by Crippen LogP contribution is -2.28. The largest absolute Gasteiger partial charge is 0.294 e. The molecule has 1 aliphatic rings. The topological polar surface area (TPSA) is 30.0 Å². The fourth-order valence-electron chi connectivity index (χ4n) is 2.08. The van der Waals surface area contributed by atoms with Gasteiger partial charge in [-0.15, -0.1) is 0 Å². The highest BCUT2D eigenvalue weighted by Gasteiger charge is 2.37. The first-order valence-corrected chi connectivity index (χ1v) is 5.50. The van der Waals surface area contributed by atoms with Crippen LogP contribution in [-0.2, 0) is 0 Å². The number of hydrogen-bond donors (Lipinski definition) is 0. The molecule has 0 aliphatic heterocycles. The van der Waals surface area contributed by atoms with Crippen LogP contribution >= 0.6 is 0 Å². The average Bonchev–Trinajstić information content (AvgIpc) is 2.28. The Balaban J connectivity index is 2.07. The van der Waals surface area contributed by atoms with Crippen LogP contribution in [0.1, 0.15) is 36.0 Å². The summed E-state index contributed by atoms with van der Waals surface area (Å²) in [4.78, 5) is 15.5. The molecule has 0 amide bonds. The minimum atomic E-state index is -2.66. The third kappa shape index (κ3) is 2.84. The van der Waals surface area contributed by atoms with E-state index in [1.165, 1.54) is 6.20 Å². The van der Waals surface area contributed by atoms with Crippen LogP contribution in [0, 0.1) is 11.7 Å². The van der Waals surface area contributed by atoms with Crippen molar-refractivity contribution in [2.45, 2.75) is 31.6 Å². The molecule has 5 heteroatoms. The molecule has 1 saturated carbocycles. The molecule has 1 aromatic rings. The molecule has 1 fully saturated rings. The first kappa shape index (κ1) is 12.1. The maximum absolute atomic E-state index is 12.9. The minimum absolute atomic E-state index is 0.155. The van der Waals surface area contributed by atoms with Gasteiger partial charge in [0.1, 0.15) is 5.82 Å². The molecule has 0 atom stereocenters. The normalized spacial score (nSPS) is 20.2. The Kier molecular flexibility index (Phi) is 3.17. The number of pyridine rings is 1. The van der Waals surface area contributed by atoms with Gasteiger partial charge in [-0.3, -0.25) is 9.78 Å². The Morgan fingerprint density at radius 1 is 1.29 bits per heavy atom. The number of aromatic nitrogens is 1. The standard InChI is InChI=1S/C12H12F3NO/c13-10-5-9(6-16-7-10)11(17)8-1-3-12(14,15)4-2-8/h5-8H,1-4H2. The SMILES string of the molecule is O=C(c1cncc(F)c1)C1CCC(F)(F)CC1. The summed E-state index contributed by atoms with van der Waals surface area (Å²) in [6.45, 7) is 0. The first-order chi connectivity index (χ1) is 7.98. The Morgan fingerprint density at radius 2 is 1.94 bits per heavy atom. The van der Waals surface area contributed by atoms with Gasteiger partial charge in [-0.05, 0) is 18.9 Å². The van der Waals surface area contributed by atoms with E-state index in [-0.39, 0.29) is 37.0 Å². The molecule has 1 aliphatic carbocycles. The highest BCUT2D eigenvalue weighted by atomic mass is 19.3. The predicted octanol–water partition coefficient (Wildman–Crippen LogP) is 3.23. The molecule has 0 aromatic carbocycles. The lowest BCUT2D eigenvalue weighted by molar-refractivity contribution is -0.0424. The van der Waals surface area contributed by atoms with Crippen molar-refractivity contribution >= 4 is 5.78 Å². The fraction of sp³-hybridized carbons (Fsp3) is 0.500.